The van der Waals surface area contributed by atoms with Gasteiger partial charge in [0.2, 0.25) is 0 Å². The molecule has 0 bridgehead atoms. The summed E-state index contributed by atoms with van der Waals surface area (Å²) in [4.78, 5) is 15.6. The van der Waals surface area contributed by atoms with Gasteiger partial charge in [-0.1, -0.05) is 44.0 Å². The molecule has 0 radical (unpaired) electrons. The molecule has 1 atom stereocenters. The normalized spacial score (nSPS) is 18.9. The van der Waals surface area contributed by atoms with Gasteiger partial charge < -0.3 is 9.88 Å². The van der Waals surface area contributed by atoms with Crippen LogP contribution in [0.3, 0.4) is 0 Å². The Bertz CT molecular complexity index is 1130. The minimum absolute atomic E-state index is 0.00216. The van der Waals surface area contributed by atoms with Crippen molar-refractivity contribution in [2.75, 3.05) is 6.54 Å². The maximum atomic E-state index is 12.9. The van der Waals surface area contributed by atoms with Crippen LogP contribution >= 0.6 is 0 Å². The standard InChI is InChI=1S/C30H39N3O/c1-3-4-8-23-9-11-24(12-10-23)20-31-30(34)25-13-16-29-26(18-25)19-28(33(29)27-14-15-27)21-32-17-6-5-7-22(32)2/h9-13,16,18-19,22,27H,3-8,14-15,17,20-21H2,1-2H3,(H,31,34)/t22-/m1/s1. The predicted molar refractivity (Wildman–Crippen MR) is 140 cm³/mol. The van der Waals surface area contributed by atoms with Crippen molar-refractivity contribution in [1.82, 2.24) is 14.8 Å². The van der Waals surface area contributed by atoms with Crippen molar-refractivity contribution < 1.29 is 4.79 Å². The average molecular weight is 458 g/mol. The third-order valence-corrected chi connectivity index (χ3v) is 7.69. The lowest BCUT2D eigenvalue weighted by atomic mass is 10.0. The topological polar surface area (TPSA) is 37.3 Å². The molecule has 1 aliphatic heterocycles. The first kappa shape index (κ1) is 23.2. The molecule has 1 N–H and O–H groups in total. The number of carbonyl (C=O) groups is 1. The van der Waals surface area contributed by atoms with Crippen molar-refractivity contribution in [3.63, 3.8) is 0 Å². The van der Waals surface area contributed by atoms with Crippen molar-refractivity contribution in [2.45, 2.75) is 90.4 Å². The number of likely N-dealkylation sites (tertiary alicyclic amines) is 1. The molecule has 0 unspecified atom stereocenters. The monoisotopic (exact) mass is 457 g/mol. The Morgan fingerprint density at radius 1 is 1.00 bits per heavy atom. The lowest BCUT2D eigenvalue weighted by molar-refractivity contribution is 0.0951. The van der Waals surface area contributed by atoms with Crippen LogP contribution in [0.5, 0.6) is 0 Å². The van der Waals surface area contributed by atoms with E-state index in [1.807, 2.05) is 6.07 Å². The maximum absolute atomic E-state index is 12.9. The molecule has 4 heteroatoms. The van der Waals surface area contributed by atoms with Gasteiger partial charge in [0.15, 0.2) is 0 Å². The summed E-state index contributed by atoms with van der Waals surface area (Å²) in [6.07, 6.45) is 10.1. The number of nitrogens with one attached hydrogen (secondary N) is 1. The second-order valence-electron chi connectivity index (χ2n) is 10.4. The van der Waals surface area contributed by atoms with Gasteiger partial charge in [-0.2, -0.15) is 0 Å². The molecule has 180 valence electrons. The van der Waals surface area contributed by atoms with Crippen LogP contribution in [-0.4, -0.2) is 28.0 Å². The van der Waals surface area contributed by atoms with E-state index in [4.69, 9.17) is 0 Å². The Kier molecular flexibility index (Phi) is 7.05. The average Bonchev–Trinajstić information content (AvgIpc) is 3.63. The van der Waals surface area contributed by atoms with Crippen LogP contribution in [-0.2, 0) is 19.5 Å². The second kappa shape index (κ2) is 10.4. The van der Waals surface area contributed by atoms with E-state index in [2.05, 4.69) is 71.1 Å². The zero-order chi connectivity index (χ0) is 23.5. The fourth-order valence-electron chi connectivity index (χ4n) is 5.41. The van der Waals surface area contributed by atoms with Crippen LogP contribution < -0.4 is 5.32 Å². The first-order valence-corrected chi connectivity index (χ1v) is 13.4. The van der Waals surface area contributed by atoms with Crippen molar-refractivity contribution in [3.05, 3.63) is 70.9 Å². The van der Waals surface area contributed by atoms with Gasteiger partial charge in [-0.3, -0.25) is 9.69 Å². The Morgan fingerprint density at radius 3 is 2.53 bits per heavy atom. The van der Waals surface area contributed by atoms with Crippen LogP contribution in [0, 0.1) is 0 Å². The highest BCUT2D eigenvalue weighted by atomic mass is 16.1. The number of benzene rings is 2. The third kappa shape index (κ3) is 5.22. The molecule has 1 amide bonds. The number of carbonyl (C=O) groups excluding carboxylic acids is 1. The van der Waals surface area contributed by atoms with Crippen molar-refractivity contribution in [1.29, 1.82) is 0 Å². The number of unbranched alkanes of at least 4 members (excludes halogenated alkanes) is 1. The van der Waals surface area contributed by atoms with Gasteiger partial charge >= 0.3 is 0 Å². The second-order valence-corrected chi connectivity index (χ2v) is 10.4. The summed E-state index contributed by atoms with van der Waals surface area (Å²) in [6.45, 7) is 7.36. The van der Waals surface area contributed by atoms with Gasteiger partial charge in [-0.25, -0.2) is 0 Å². The molecule has 2 heterocycles. The largest absolute Gasteiger partial charge is 0.348 e. The zero-order valence-electron chi connectivity index (χ0n) is 20.9. The SMILES string of the molecule is CCCCc1ccc(CNC(=O)c2ccc3c(c2)cc(CN2CCCC[C@H]2C)n3C2CC2)cc1. The highest BCUT2D eigenvalue weighted by molar-refractivity contribution is 5.98. The number of fused-ring (bicyclic) bond motifs is 1. The Morgan fingerprint density at radius 2 is 1.79 bits per heavy atom. The maximum Gasteiger partial charge on any atom is 0.251 e. The number of piperidine rings is 1. The van der Waals surface area contributed by atoms with Crippen LogP contribution in [0.1, 0.15) is 92.0 Å². The number of aromatic nitrogens is 1. The fourth-order valence-corrected chi connectivity index (χ4v) is 5.41. The quantitative estimate of drug-likeness (QED) is 0.392. The molecule has 4 nitrogen and oxygen atoms in total. The summed E-state index contributed by atoms with van der Waals surface area (Å²) in [6, 6.07) is 18.5. The first-order chi connectivity index (χ1) is 16.6. The summed E-state index contributed by atoms with van der Waals surface area (Å²) in [5.41, 5.74) is 5.95. The lowest BCUT2D eigenvalue weighted by Gasteiger charge is -2.33. The van der Waals surface area contributed by atoms with Gasteiger partial charge in [0.1, 0.15) is 0 Å². The molecular weight excluding hydrogens is 418 g/mol. The number of amides is 1. The van der Waals surface area contributed by atoms with Gasteiger partial charge in [0.25, 0.3) is 5.91 Å². The van der Waals surface area contributed by atoms with Crippen LogP contribution in [0.15, 0.2) is 48.5 Å². The van der Waals surface area contributed by atoms with Crippen LogP contribution in [0.25, 0.3) is 10.9 Å². The Labute approximate surface area is 204 Å². The molecule has 2 fully saturated rings. The molecule has 3 aromatic rings. The highest BCUT2D eigenvalue weighted by Gasteiger charge is 2.29. The summed E-state index contributed by atoms with van der Waals surface area (Å²) in [5.74, 6) is 0.00216. The van der Waals surface area contributed by atoms with E-state index in [0.29, 0.717) is 18.6 Å². The molecule has 1 saturated carbocycles. The molecule has 0 spiro atoms. The van der Waals surface area contributed by atoms with Gasteiger partial charge in [0, 0.05) is 47.3 Å². The molecule has 1 aliphatic carbocycles. The van der Waals surface area contributed by atoms with Gasteiger partial charge in [0.05, 0.1) is 0 Å². The molecule has 1 saturated heterocycles. The summed E-state index contributed by atoms with van der Waals surface area (Å²) < 4.78 is 2.55. The van der Waals surface area contributed by atoms with E-state index < -0.39 is 0 Å². The minimum atomic E-state index is 0.00216. The number of hydrogen-bond donors (Lipinski definition) is 1. The highest BCUT2D eigenvalue weighted by Crippen LogP contribution is 2.40. The van der Waals surface area contributed by atoms with Crippen molar-refractivity contribution in [3.8, 4) is 0 Å². The number of nitrogens with zero attached hydrogens (tertiary/aromatic N) is 2. The molecule has 1 aromatic heterocycles. The van der Waals surface area contributed by atoms with E-state index in [1.54, 1.807) is 0 Å². The third-order valence-electron chi connectivity index (χ3n) is 7.69. The Balaban J connectivity index is 1.29. The molecule has 5 rings (SSSR count). The van der Waals surface area contributed by atoms with Gasteiger partial charge in [-0.05, 0) is 87.4 Å². The predicted octanol–water partition coefficient (Wildman–Crippen LogP) is 6.62. The van der Waals surface area contributed by atoms with E-state index in [1.165, 1.54) is 73.7 Å². The smallest absolute Gasteiger partial charge is 0.251 e. The van der Waals surface area contributed by atoms with E-state index in [0.717, 1.165) is 24.1 Å². The molecule has 34 heavy (non-hydrogen) atoms. The number of aryl methyl sites for hydroxylation is 1. The number of hydrogen-bond acceptors (Lipinski definition) is 2. The first-order valence-electron chi connectivity index (χ1n) is 13.4. The van der Waals surface area contributed by atoms with Crippen LogP contribution in [0.2, 0.25) is 0 Å². The zero-order valence-corrected chi connectivity index (χ0v) is 20.9. The molecular formula is C30H39N3O. The molecule has 2 aromatic carbocycles. The van der Waals surface area contributed by atoms with E-state index in [-0.39, 0.29) is 5.91 Å². The summed E-state index contributed by atoms with van der Waals surface area (Å²) in [5, 5.41) is 4.31. The van der Waals surface area contributed by atoms with Crippen LogP contribution in [0.4, 0.5) is 0 Å². The molecule has 2 aliphatic rings. The fraction of sp³-hybridized carbons (Fsp3) is 0.500. The Hall–Kier alpha value is -2.59. The summed E-state index contributed by atoms with van der Waals surface area (Å²) in [7, 11) is 0. The van der Waals surface area contributed by atoms with Crippen molar-refractivity contribution >= 4 is 16.8 Å². The van der Waals surface area contributed by atoms with Crippen molar-refractivity contribution in [2.24, 2.45) is 0 Å². The number of rotatable bonds is 9. The summed E-state index contributed by atoms with van der Waals surface area (Å²) >= 11 is 0. The lowest BCUT2D eigenvalue weighted by Crippen LogP contribution is -2.37. The van der Waals surface area contributed by atoms with E-state index in [9.17, 15) is 4.79 Å². The van der Waals surface area contributed by atoms with Gasteiger partial charge in [-0.15, -0.1) is 0 Å². The van der Waals surface area contributed by atoms with E-state index >= 15 is 0 Å². The minimum Gasteiger partial charge on any atom is -0.348 e.